The number of hydrogen-bond donors (Lipinski definition) is 3. The summed E-state index contributed by atoms with van der Waals surface area (Å²) in [5, 5.41) is 13.8. The lowest BCUT2D eigenvalue weighted by Crippen LogP contribution is -2.45. The quantitative estimate of drug-likeness (QED) is 0.521. The van der Waals surface area contributed by atoms with Crippen molar-refractivity contribution in [2.75, 3.05) is 26.7 Å². The molecule has 0 bridgehead atoms. The van der Waals surface area contributed by atoms with E-state index in [9.17, 15) is 14.4 Å². The summed E-state index contributed by atoms with van der Waals surface area (Å²) >= 11 is 0. The van der Waals surface area contributed by atoms with E-state index in [0.717, 1.165) is 6.42 Å². The fraction of sp³-hybridized carbons (Fsp3) is 0.727. The van der Waals surface area contributed by atoms with Crippen LogP contribution < -0.4 is 10.6 Å². The number of nitrogens with zero attached hydrogens (tertiary/aromatic N) is 1. The molecular formula is C11H21N3O4. The number of likely N-dealkylation sites (N-methyl/N-ethyl adjacent to an activating group) is 1. The number of carboxylic acids is 1. The minimum absolute atomic E-state index is 0.0258. The molecule has 0 aliphatic carbocycles. The lowest BCUT2D eigenvalue weighted by molar-refractivity contribution is -0.139. The van der Waals surface area contributed by atoms with Gasteiger partial charge in [-0.05, 0) is 13.3 Å². The maximum absolute atomic E-state index is 11.6. The molecule has 0 aliphatic rings. The first-order valence-electron chi connectivity index (χ1n) is 5.85. The molecule has 3 N–H and O–H groups in total. The average Bonchev–Trinajstić information content (AvgIpc) is 2.32. The molecule has 2 amide bonds. The van der Waals surface area contributed by atoms with Crippen molar-refractivity contribution in [2.24, 2.45) is 0 Å². The van der Waals surface area contributed by atoms with E-state index < -0.39 is 12.0 Å². The highest BCUT2D eigenvalue weighted by Gasteiger charge is 2.15. The van der Waals surface area contributed by atoms with Crippen LogP contribution in [0.2, 0.25) is 0 Å². The molecular weight excluding hydrogens is 238 g/mol. The SMILES string of the molecule is CCCNC(=O)CN(C)C(=O)CN[C@H](C)C(=O)O. The van der Waals surface area contributed by atoms with Gasteiger partial charge in [-0.3, -0.25) is 19.7 Å². The van der Waals surface area contributed by atoms with Crippen LogP contribution in [0.15, 0.2) is 0 Å². The zero-order valence-corrected chi connectivity index (χ0v) is 11.0. The molecule has 0 saturated heterocycles. The lowest BCUT2D eigenvalue weighted by atomic mass is 10.3. The van der Waals surface area contributed by atoms with Gasteiger partial charge in [-0.25, -0.2) is 0 Å². The van der Waals surface area contributed by atoms with E-state index in [4.69, 9.17) is 5.11 Å². The zero-order valence-electron chi connectivity index (χ0n) is 11.0. The van der Waals surface area contributed by atoms with Crippen LogP contribution in [0.1, 0.15) is 20.3 Å². The number of rotatable bonds is 8. The number of nitrogens with one attached hydrogen (secondary N) is 2. The van der Waals surface area contributed by atoms with Gasteiger partial charge in [-0.15, -0.1) is 0 Å². The van der Waals surface area contributed by atoms with E-state index in [0.29, 0.717) is 6.54 Å². The Hall–Kier alpha value is -1.63. The van der Waals surface area contributed by atoms with Gasteiger partial charge < -0.3 is 15.3 Å². The Labute approximate surface area is 107 Å². The molecule has 0 aromatic heterocycles. The molecule has 0 saturated carbocycles. The number of aliphatic carboxylic acids is 1. The Morgan fingerprint density at radius 1 is 1.33 bits per heavy atom. The van der Waals surface area contributed by atoms with Gasteiger partial charge in [-0.2, -0.15) is 0 Å². The van der Waals surface area contributed by atoms with Crippen molar-refractivity contribution >= 4 is 17.8 Å². The van der Waals surface area contributed by atoms with Gasteiger partial charge in [0.25, 0.3) is 0 Å². The molecule has 0 rings (SSSR count). The Kier molecular flexibility index (Phi) is 7.69. The van der Waals surface area contributed by atoms with Crippen molar-refractivity contribution < 1.29 is 19.5 Å². The van der Waals surface area contributed by atoms with Gasteiger partial charge in [-0.1, -0.05) is 6.92 Å². The van der Waals surface area contributed by atoms with Crippen LogP contribution in [0, 0.1) is 0 Å². The van der Waals surface area contributed by atoms with E-state index >= 15 is 0 Å². The van der Waals surface area contributed by atoms with Crippen molar-refractivity contribution in [3.63, 3.8) is 0 Å². The van der Waals surface area contributed by atoms with Crippen LogP contribution in [-0.4, -0.2) is 60.5 Å². The first-order chi connectivity index (χ1) is 8.38. The van der Waals surface area contributed by atoms with Crippen LogP contribution in [0.25, 0.3) is 0 Å². The fourth-order valence-electron chi connectivity index (χ4n) is 1.09. The maximum atomic E-state index is 11.6. The standard InChI is InChI=1S/C11H21N3O4/c1-4-5-12-9(15)7-14(3)10(16)6-13-8(2)11(17)18/h8,13H,4-7H2,1-3H3,(H,12,15)(H,17,18)/t8-/m1/s1. The minimum atomic E-state index is -1.02. The highest BCUT2D eigenvalue weighted by Crippen LogP contribution is 1.87. The van der Waals surface area contributed by atoms with Crippen LogP contribution in [0.5, 0.6) is 0 Å². The lowest BCUT2D eigenvalue weighted by Gasteiger charge is -2.18. The highest BCUT2D eigenvalue weighted by atomic mass is 16.4. The normalized spacial score (nSPS) is 11.7. The van der Waals surface area contributed by atoms with E-state index in [2.05, 4.69) is 10.6 Å². The van der Waals surface area contributed by atoms with Gasteiger partial charge in [0.2, 0.25) is 11.8 Å². The molecule has 18 heavy (non-hydrogen) atoms. The molecule has 0 aromatic rings. The zero-order chi connectivity index (χ0) is 14.1. The third-order valence-electron chi connectivity index (χ3n) is 2.31. The number of carbonyl (C=O) groups excluding carboxylic acids is 2. The summed E-state index contributed by atoms with van der Waals surface area (Å²) in [5.41, 5.74) is 0. The number of carboxylic acid groups (broad SMARTS) is 1. The second-order valence-corrected chi connectivity index (χ2v) is 4.04. The average molecular weight is 259 g/mol. The topological polar surface area (TPSA) is 98.7 Å². The minimum Gasteiger partial charge on any atom is -0.480 e. The van der Waals surface area contributed by atoms with Crippen molar-refractivity contribution in [1.29, 1.82) is 0 Å². The fourth-order valence-corrected chi connectivity index (χ4v) is 1.09. The van der Waals surface area contributed by atoms with E-state index in [1.807, 2.05) is 6.92 Å². The third kappa shape index (κ3) is 6.85. The van der Waals surface area contributed by atoms with Crippen molar-refractivity contribution in [3.8, 4) is 0 Å². The summed E-state index contributed by atoms with van der Waals surface area (Å²) in [6.45, 7) is 3.83. The first-order valence-corrected chi connectivity index (χ1v) is 5.85. The Balaban J connectivity index is 3.96. The Morgan fingerprint density at radius 2 is 1.94 bits per heavy atom. The Morgan fingerprint density at radius 3 is 2.44 bits per heavy atom. The summed E-state index contributed by atoms with van der Waals surface area (Å²) in [4.78, 5) is 34.7. The van der Waals surface area contributed by atoms with Crippen LogP contribution in [0.4, 0.5) is 0 Å². The van der Waals surface area contributed by atoms with Gasteiger partial charge in [0, 0.05) is 13.6 Å². The summed E-state index contributed by atoms with van der Waals surface area (Å²) < 4.78 is 0. The van der Waals surface area contributed by atoms with Crippen LogP contribution in [0.3, 0.4) is 0 Å². The second kappa shape index (κ2) is 8.46. The monoisotopic (exact) mass is 259 g/mol. The maximum Gasteiger partial charge on any atom is 0.320 e. The van der Waals surface area contributed by atoms with Gasteiger partial charge in [0.15, 0.2) is 0 Å². The molecule has 0 radical (unpaired) electrons. The largest absolute Gasteiger partial charge is 0.480 e. The predicted octanol–water partition coefficient (Wildman–Crippen LogP) is -0.966. The molecule has 0 unspecified atom stereocenters. The van der Waals surface area contributed by atoms with E-state index in [1.165, 1.54) is 18.9 Å². The molecule has 7 heteroatoms. The van der Waals surface area contributed by atoms with Gasteiger partial charge in [0.1, 0.15) is 6.04 Å². The van der Waals surface area contributed by atoms with Crippen molar-refractivity contribution in [1.82, 2.24) is 15.5 Å². The molecule has 104 valence electrons. The molecule has 0 spiro atoms. The third-order valence-corrected chi connectivity index (χ3v) is 2.31. The summed E-state index contributed by atoms with van der Waals surface area (Å²) in [6.07, 6.45) is 0.834. The van der Waals surface area contributed by atoms with Crippen molar-refractivity contribution in [3.05, 3.63) is 0 Å². The highest BCUT2D eigenvalue weighted by molar-refractivity contribution is 5.85. The smallest absolute Gasteiger partial charge is 0.320 e. The van der Waals surface area contributed by atoms with Gasteiger partial charge in [0.05, 0.1) is 13.1 Å². The summed E-state index contributed by atoms with van der Waals surface area (Å²) in [5.74, 6) is -1.57. The predicted molar refractivity (Wildman–Crippen MR) is 66.0 cm³/mol. The van der Waals surface area contributed by atoms with E-state index in [-0.39, 0.29) is 24.9 Å². The molecule has 0 heterocycles. The number of hydrogen-bond acceptors (Lipinski definition) is 4. The molecule has 0 aliphatic heterocycles. The summed E-state index contributed by atoms with van der Waals surface area (Å²) in [7, 11) is 1.50. The first kappa shape index (κ1) is 16.4. The molecule has 0 aromatic carbocycles. The van der Waals surface area contributed by atoms with Crippen LogP contribution in [-0.2, 0) is 14.4 Å². The van der Waals surface area contributed by atoms with Gasteiger partial charge >= 0.3 is 5.97 Å². The van der Waals surface area contributed by atoms with Crippen molar-refractivity contribution in [2.45, 2.75) is 26.3 Å². The second-order valence-electron chi connectivity index (χ2n) is 4.04. The molecule has 7 nitrogen and oxygen atoms in total. The molecule has 0 fully saturated rings. The number of carbonyl (C=O) groups is 3. The van der Waals surface area contributed by atoms with Crippen LogP contribution >= 0.6 is 0 Å². The number of amides is 2. The summed E-state index contributed by atoms with van der Waals surface area (Å²) in [6, 6.07) is -0.795. The van der Waals surface area contributed by atoms with E-state index in [1.54, 1.807) is 0 Å². The Bertz CT molecular complexity index is 307. The molecule has 1 atom stereocenters.